The van der Waals surface area contributed by atoms with Crippen molar-refractivity contribution < 1.29 is 17.1 Å². The zero-order valence-electron chi connectivity index (χ0n) is 31.6. The normalized spacial score (nSPS) is 15.3. The van der Waals surface area contributed by atoms with E-state index in [1.54, 1.807) is 0 Å². The highest BCUT2D eigenvalue weighted by Gasteiger charge is 2.20. The molecular weight excluding hydrogens is 520 g/mol. The lowest BCUT2D eigenvalue weighted by Crippen LogP contribution is -1.97. The number of fused-ring (bicyclic) bond motifs is 3. The predicted octanol–water partition coefficient (Wildman–Crippen LogP) is 12.0. The zero-order chi connectivity index (χ0) is 35.9. The van der Waals surface area contributed by atoms with Gasteiger partial charge < -0.3 is 4.74 Å². The van der Waals surface area contributed by atoms with E-state index in [1.165, 1.54) is 0 Å². The van der Waals surface area contributed by atoms with Gasteiger partial charge in [0.2, 0.25) is 0 Å². The van der Waals surface area contributed by atoms with E-state index in [4.69, 9.17) is 14.3 Å². The lowest BCUT2D eigenvalue weighted by atomic mass is 9.88. The van der Waals surface area contributed by atoms with E-state index in [1.807, 2.05) is 54.6 Å². The largest absolute Gasteiger partial charge is 0.456 e. The Kier molecular flexibility index (Phi) is 3.16. The van der Waals surface area contributed by atoms with Crippen LogP contribution in [0.4, 0.5) is 0 Å². The van der Waals surface area contributed by atoms with Gasteiger partial charge in [0, 0.05) is 10.9 Å². The zero-order valence-corrected chi connectivity index (χ0v) is 22.6. The monoisotopic (exact) mass is 553 g/mol. The smallest absolute Gasteiger partial charge is 0.135 e. The van der Waals surface area contributed by atoms with Crippen LogP contribution in [0.25, 0.3) is 87.2 Å². The van der Waals surface area contributed by atoms with E-state index in [2.05, 4.69) is 36.4 Å². The molecule has 0 saturated heterocycles. The molecule has 0 spiro atoms. The third kappa shape index (κ3) is 3.22. The Labute approximate surface area is 261 Å². The molecule has 1 heterocycles. The van der Waals surface area contributed by atoms with E-state index >= 15 is 0 Å². The van der Waals surface area contributed by atoms with Gasteiger partial charge in [-0.3, -0.25) is 0 Å². The minimum atomic E-state index is -0.489. The van der Waals surface area contributed by atoms with Gasteiger partial charge in [0.15, 0.2) is 0 Å². The fraction of sp³-hybridized carbons (Fsp3) is 0. The fourth-order valence-corrected chi connectivity index (χ4v) is 6.69. The summed E-state index contributed by atoms with van der Waals surface area (Å²) in [6.45, 7) is 0. The molecular formula is C42H24O. The lowest BCUT2D eigenvalue weighted by Gasteiger charge is -2.22. The molecule has 0 aliphatic carbocycles. The Morgan fingerprint density at radius 2 is 1.09 bits per heavy atom. The average molecular weight is 554 g/mol. The maximum Gasteiger partial charge on any atom is 0.135 e. The highest BCUT2D eigenvalue weighted by atomic mass is 16.5. The second-order valence-corrected chi connectivity index (χ2v) is 11.0. The summed E-state index contributed by atoms with van der Waals surface area (Å²) in [6, 6.07) is 26.7. The number of rotatable bonds is 2. The molecule has 0 atom stereocenters. The number of hydrogen-bond donors (Lipinski definition) is 0. The van der Waals surface area contributed by atoms with Crippen molar-refractivity contribution in [1.29, 1.82) is 0 Å². The van der Waals surface area contributed by atoms with Crippen LogP contribution in [0.2, 0.25) is 0 Å². The van der Waals surface area contributed by atoms with Gasteiger partial charge in [0.05, 0.1) is 12.3 Å². The summed E-state index contributed by atoms with van der Waals surface area (Å²) in [6.07, 6.45) is 0. The van der Waals surface area contributed by atoms with Crippen molar-refractivity contribution >= 4 is 53.9 Å². The fourth-order valence-electron chi connectivity index (χ4n) is 6.69. The van der Waals surface area contributed by atoms with Crippen molar-refractivity contribution in [2.24, 2.45) is 0 Å². The van der Waals surface area contributed by atoms with Crippen LogP contribution in [0.5, 0.6) is 11.5 Å². The first-order valence-electron chi connectivity index (χ1n) is 18.6. The highest BCUT2D eigenvalue weighted by Crippen LogP contribution is 2.48. The summed E-state index contributed by atoms with van der Waals surface area (Å²) in [7, 11) is 0. The van der Waals surface area contributed by atoms with Crippen molar-refractivity contribution in [3.05, 3.63) is 145 Å². The van der Waals surface area contributed by atoms with Crippen molar-refractivity contribution in [3.63, 3.8) is 0 Å². The van der Waals surface area contributed by atoms with Gasteiger partial charge in [0.25, 0.3) is 0 Å². The van der Waals surface area contributed by atoms with Crippen LogP contribution >= 0.6 is 0 Å². The van der Waals surface area contributed by atoms with Crippen molar-refractivity contribution in [3.8, 4) is 44.9 Å². The van der Waals surface area contributed by atoms with Gasteiger partial charge in [-0.05, 0) is 101 Å². The van der Waals surface area contributed by atoms with Crippen LogP contribution in [0.1, 0.15) is 12.3 Å². The molecule has 198 valence electrons. The van der Waals surface area contributed by atoms with Crippen molar-refractivity contribution in [2.45, 2.75) is 0 Å². The first-order chi connectivity index (χ1) is 25.1. The molecule has 0 bridgehead atoms. The minimum Gasteiger partial charge on any atom is -0.456 e. The maximum absolute atomic E-state index is 9.25. The van der Waals surface area contributed by atoms with Crippen molar-refractivity contribution in [2.75, 3.05) is 0 Å². The van der Waals surface area contributed by atoms with E-state index in [0.29, 0.717) is 5.56 Å². The Balaban J connectivity index is 1.22. The quantitative estimate of drug-likeness (QED) is 0.193. The Morgan fingerprint density at radius 1 is 0.395 bits per heavy atom. The molecule has 1 heteroatoms. The third-order valence-corrected chi connectivity index (χ3v) is 8.65. The van der Waals surface area contributed by atoms with Crippen LogP contribution < -0.4 is 4.74 Å². The van der Waals surface area contributed by atoms with Gasteiger partial charge >= 0.3 is 0 Å². The summed E-state index contributed by atoms with van der Waals surface area (Å²) in [5.41, 5.74) is 4.83. The first-order valence-corrected chi connectivity index (χ1v) is 14.1. The molecule has 10 rings (SSSR count). The summed E-state index contributed by atoms with van der Waals surface area (Å²) >= 11 is 0. The molecule has 9 aromatic rings. The molecule has 1 nitrogen and oxygen atoms in total. The second-order valence-electron chi connectivity index (χ2n) is 11.0. The van der Waals surface area contributed by atoms with Gasteiger partial charge in [-0.15, -0.1) is 0 Å². The highest BCUT2D eigenvalue weighted by molar-refractivity contribution is 6.26. The van der Waals surface area contributed by atoms with Crippen molar-refractivity contribution in [1.82, 2.24) is 0 Å². The molecule has 1 aliphatic rings. The van der Waals surface area contributed by atoms with E-state index in [9.17, 15) is 2.74 Å². The Bertz CT molecular complexity index is 3070. The van der Waals surface area contributed by atoms with Crippen LogP contribution in [0.15, 0.2) is 145 Å². The minimum absolute atomic E-state index is 0.0338. The van der Waals surface area contributed by atoms with Gasteiger partial charge in [-0.1, -0.05) is 121 Å². The predicted molar refractivity (Wildman–Crippen MR) is 182 cm³/mol. The summed E-state index contributed by atoms with van der Waals surface area (Å²) in [5, 5.41) is 4.12. The van der Waals surface area contributed by atoms with Crippen LogP contribution in [-0.2, 0) is 0 Å². The lowest BCUT2D eigenvalue weighted by molar-refractivity contribution is 0.487. The number of benzene rings is 9. The van der Waals surface area contributed by atoms with Gasteiger partial charge in [0.1, 0.15) is 11.5 Å². The SMILES string of the molecule is [2H]c1c([2H])c2c([2H])c([2H])c3c([2H])c([2H])c(-c4cccc5cc(-c6ccc7c(c6)-c6cccc8cccc(c68)O7)ccc45)c4c([2H])c([2H])c(c1[2H])c2c34. The summed E-state index contributed by atoms with van der Waals surface area (Å²) in [4.78, 5) is 0. The summed E-state index contributed by atoms with van der Waals surface area (Å²) < 4.78 is 86.2. The molecule has 9 aromatic carbocycles. The molecule has 0 saturated carbocycles. The number of ether oxygens (including phenoxy) is 1. The molecule has 0 radical (unpaired) electrons. The Hall–Kier alpha value is -5.66. The third-order valence-electron chi connectivity index (χ3n) is 8.65. The van der Waals surface area contributed by atoms with Gasteiger partial charge in [-0.2, -0.15) is 0 Å². The van der Waals surface area contributed by atoms with E-state index in [0.717, 1.165) is 55.3 Å². The first kappa shape index (κ1) is 16.1. The topological polar surface area (TPSA) is 9.23 Å². The van der Waals surface area contributed by atoms with Crippen LogP contribution in [0.3, 0.4) is 0 Å². The van der Waals surface area contributed by atoms with Gasteiger partial charge in [-0.25, -0.2) is 0 Å². The van der Waals surface area contributed by atoms with E-state index < -0.39 is 24.2 Å². The van der Waals surface area contributed by atoms with Crippen LogP contribution in [-0.4, -0.2) is 0 Å². The average Bonchev–Trinajstić information content (AvgIpc) is 3.15. The molecule has 43 heavy (non-hydrogen) atoms. The molecule has 0 N–H and O–H groups in total. The standard InChI is InChI=1S/C42H24O/c1-5-26-13-14-28-15-20-34(36-21-16-27(6-1)40(26)42(28)36)33-10-3-9-31-23-29(17-19-32(31)33)30-18-22-38-37(24-30)35-11-2-7-25-8-4-12-39(43-38)41(25)35/h1-24H/i1D,5D,6D,13D,14D,15D,16D,20D,21D. The molecule has 0 unspecified atom stereocenters. The van der Waals surface area contributed by atoms with E-state index in [-0.39, 0.29) is 68.1 Å². The molecule has 0 amide bonds. The van der Waals surface area contributed by atoms with Crippen LogP contribution in [0, 0.1) is 0 Å². The second kappa shape index (κ2) is 8.44. The number of hydrogen-bond acceptors (Lipinski definition) is 1. The maximum atomic E-state index is 9.25. The molecule has 0 fully saturated rings. The molecule has 1 aliphatic heterocycles. The molecule has 0 aromatic heterocycles. The Morgan fingerprint density at radius 3 is 1.98 bits per heavy atom. The summed E-state index contributed by atoms with van der Waals surface area (Å²) in [5.74, 6) is 1.61.